The molecule has 23 heavy (non-hydrogen) atoms. The van der Waals surface area contributed by atoms with Gasteiger partial charge in [0.05, 0.1) is 5.02 Å². The maximum absolute atomic E-state index is 12.6. The minimum atomic E-state index is -0.164. The number of hydrogen-bond acceptors (Lipinski definition) is 3. The van der Waals surface area contributed by atoms with Crippen LogP contribution in [0.5, 0.6) is 0 Å². The summed E-state index contributed by atoms with van der Waals surface area (Å²) in [6.07, 6.45) is 4.42. The van der Waals surface area contributed by atoms with Crippen LogP contribution in [0, 0.1) is 6.92 Å². The van der Waals surface area contributed by atoms with Crippen LogP contribution in [0.25, 0.3) is 11.3 Å². The van der Waals surface area contributed by atoms with Crippen molar-refractivity contribution in [3.05, 3.63) is 40.6 Å². The van der Waals surface area contributed by atoms with E-state index >= 15 is 0 Å². The topological polar surface area (TPSA) is 55.1 Å². The van der Waals surface area contributed by atoms with Gasteiger partial charge in [0.2, 0.25) is 0 Å². The molecule has 1 heterocycles. The van der Waals surface area contributed by atoms with Gasteiger partial charge in [-0.05, 0) is 26.3 Å². The van der Waals surface area contributed by atoms with E-state index < -0.39 is 0 Å². The van der Waals surface area contributed by atoms with Crippen molar-refractivity contribution in [1.82, 2.24) is 10.5 Å². The maximum atomic E-state index is 12.6. The lowest BCUT2D eigenvalue weighted by molar-refractivity contribution is 0.0937. The predicted molar refractivity (Wildman–Crippen MR) is 92.8 cm³/mol. The molecule has 124 valence electrons. The number of aromatic nitrogens is 1. The van der Waals surface area contributed by atoms with E-state index in [2.05, 4.69) is 17.4 Å². The Morgan fingerprint density at radius 3 is 2.78 bits per heavy atom. The summed E-state index contributed by atoms with van der Waals surface area (Å²) < 4.78 is 5.24. The summed E-state index contributed by atoms with van der Waals surface area (Å²) in [5.74, 6) is 0.334. The van der Waals surface area contributed by atoms with E-state index in [0.717, 1.165) is 12.8 Å². The number of hydrogen-bond donors (Lipinski definition) is 1. The first-order valence-corrected chi connectivity index (χ1v) is 8.44. The molecule has 0 saturated heterocycles. The van der Waals surface area contributed by atoms with Crippen molar-refractivity contribution < 1.29 is 9.32 Å². The van der Waals surface area contributed by atoms with Crippen molar-refractivity contribution >= 4 is 17.5 Å². The van der Waals surface area contributed by atoms with Gasteiger partial charge < -0.3 is 9.84 Å². The van der Waals surface area contributed by atoms with Gasteiger partial charge in [0.15, 0.2) is 0 Å². The highest BCUT2D eigenvalue weighted by molar-refractivity contribution is 6.33. The first kappa shape index (κ1) is 17.5. The molecule has 1 amide bonds. The summed E-state index contributed by atoms with van der Waals surface area (Å²) in [7, 11) is 0. The average Bonchev–Trinajstić information content (AvgIpc) is 2.89. The highest BCUT2D eigenvalue weighted by Crippen LogP contribution is 2.31. The number of nitrogens with zero attached hydrogens (tertiary/aromatic N) is 1. The number of nitrogens with one attached hydrogen (secondary N) is 1. The van der Waals surface area contributed by atoms with E-state index in [0.29, 0.717) is 27.6 Å². The van der Waals surface area contributed by atoms with Gasteiger partial charge in [0.25, 0.3) is 5.91 Å². The van der Waals surface area contributed by atoms with Crippen LogP contribution in [0.2, 0.25) is 5.02 Å². The molecule has 1 N–H and O–H groups in total. The van der Waals surface area contributed by atoms with Crippen molar-refractivity contribution in [3.8, 4) is 11.3 Å². The van der Waals surface area contributed by atoms with Gasteiger partial charge >= 0.3 is 0 Å². The van der Waals surface area contributed by atoms with Crippen LogP contribution in [-0.4, -0.2) is 17.1 Å². The second kappa shape index (κ2) is 8.16. The van der Waals surface area contributed by atoms with Crippen LogP contribution in [0.4, 0.5) is 0 Å². The van der Waals surface area contributed by atoms with E-state index in [1.54, 1.807) is 13.0 Å². The monoisotopic (exact) mass is 334 g/mol. The van der Waals surface area contributed by atoms with E-state index in [4.69, 9.17) is 16.1 Å². The molecule has 2 rings (SSSR count). The highest BCUT2D eigenvalue weighted by atomic mass is 35.5. The number of benzene rings is 1. The molecule has 0 saturated carbocycles. The number of unbranched alkanes of at least 4 members (excludes halogenated alkanes) is 2. The summed E-state index contributed by atoms with van der Waals surface area (Å²) in [4.78, 5) is 12.6. The number of amides is 1. The van der Waals surface area contributed by atoms with Crippen LogP contribution >= 0.6 is 11.6 Å². The Labute approximate surface area is 142 Å². The SMILES string of the molecule is CCCCC[C@@H](C)NC(=O)c1c(-c2ccccc2Cl)noc1C. The Kier molecular flexibility index (Phi) is 6.22. The molecule has 1 atom stereocenters. The van der Waals surface area contributed by atoms with E-state index in [9.17, 15) is 4.79 Å². The minimum absolute atomic E-state index is 0.113. The third-order valence-electron chi connectivity index (χ3n) is 3.84. The Balaban J connectivity index is 2.18. The van der Waals surface area contributed by atoms with Gasteiger partial charge in [0.1, 0.15) is 17.0 Å². The number of halogens is 1. The average molecular weight is 335 g/mol. The van der Waals surface area contributed by atoms with Crippen LogP contribution in [0.1, 0.15) is 55.6 Å². The van der Waals surface area contributed by atoms with Gasteiger partial charge in [-0.15, -0.1) is 0 Å². The summed E-state index contributed by atoms with van der Waals surface area (Å²) in [6.45, 7) is 5.93. The van der Waals surface area contributed by atoms with Gasteiger partial charge in [-0.3, -0.25) is 4.79 Å². The lowest BCUT2D eigenvalue weighted by atomic mass is 10.0. The maximum Gasteiger partial charge on any atom is 0.257 e. The zero-order chi connectivity index (χ0) is 16.8. The molecule has 0 bridgehead atoms. The zero-order valence-corrected chi connectivity index (χ0v) is 14.6. The molecule has 0 fully saturated rings. The largest absolute Gasteiger partial charge is 0.360 e. The lowest BCUT2D eigenvalue weighted by Gasteiger charge is -2.13. The molecule has 0 aliphatic rings. The summed E-state index contributed by atoms with van der Waals surface area (Å²) in [5.41, 5.74) is 1.65. The Morgan fingerprint density at radius 1 is 1.35 bits per heavy atom. The number of carbonyl (C=O) groups excluding carboxylic acids is 1. The van der Waals surface area contributed by atoms with Crippen molar-refractivity contribution in [2.75, 3.05) is 0 Å². The van der Waals surface area contributed by atoms with Crippen LogP contribution in [0.15, 0.2) is 28.8 Å². The lowest BCUT2D eigenvalue weighted by Crippen LogP contribution is -2.33. The molecular weight excluding hydrogens is 312 g/mol. The molecule has 2 aromatic rings. The molecule has 4 nitrogen and oxygen atoms in total. The van der Waals surface area contributed by atoms with E-state index in [-0.39, 0.29) is 11.9 Å². The normalized spacial score (nSPS) is 12.2. The van der Waals surface area contributed by atoms with E-state index in [1.807, 2.05) is 25.1 Å². The molecule has 5 heteroatoms. The van der Waals surface area contributed by atoms with Crippen molar-refractivity contribution in [1.29, 1.82) is 0 Å². The highest BCUT2D eigenvalue weighted by Gasteiger charge is 2.23. The van der Waals surface area contributed by atoms with Crippen molar-refractivity contribution in [3.63, 3.8) is 0 Å². The fourth-order valence-electron chi connectivity index (χ4n) is 2.55. The molecule has 0 aliphatic heterocycles. The second-order valence-corrected chi connectivity index (χ2v) is 6.22. The molecule has 1 aromatic carbocycles. The Bertz CT molecular complexity index is 667. The van der Waals surface area contributed by atoms with Crippen LogP contribution < -0.4 is 5.32 Å². The van der Waals surface area contributed by atoms with Gasteiger partial charge in [-0.1, -0.05) is 61.1 Å². The fraction of sp³-hybridized carbons (Fsp3) is 0.444. The molecule has 0 spiro atoms. The van der Waals surface area contributed by atoms with Gasteiger partial charge in [0, 0.05) is 11.6 Å². The summed E-state index contributed by atoms with van der Waals surface area (Å²) in [5, 5.41) is 7.61. The number of carbonyl (C=O) groups is 1. The standard InChI is InChI=1S/C18H23ClN2O2/c1-4-5-6-9-12(2)20-18(22)16-13(3)23-21-17(16)14-10-7-8-11-15(14)19/h7-8,10-12H,4-6,9H2,1-3H3,(H,20,22)/t12-/m1/s1. The van der Waals surface area contributed by atoms with Crippen molar-refractivity contribution in [2.24, 2.45) is 0 Å². The van der Waals surface area contributed by atoms with Gasteiger partial charge in [-0.25, -0.2) is 0 Å². The first-order chi connectivity index (χ1) is 11.0. The van der Waals surface area contributed by atoms with Crippen LogP contribution in [-0.2, 0) is 0 Å². The molecule has 1 aromatic heterocycles. The smallest absolute Gasteiger partial charge is 0.257 e. The molecular formula is C18H23ClN2O2. The summed E-state index contributed by atoms with van der Waals surface area (Å²) in [6, 6.07) is 7.42. The number of rotatable bonds is 7. The zero-order valence-electron chi connectivity index (χ0n) is 13.9. The molecule has 0 aliphatic carbocycles. The van der Waals surface area contributed by atoms with E-state index in [1.165, 1.54) is 12.8 Å². The quantitative estimate of drug-likeness (QED) is 0.725. The Morgan fingerprint density at radius 2 is 2.09 bits per heavy atom. The van der Waals surface area contributed by atoms with Crippen molar-refractivity contribution in [2.45, 2.75) is 52.5 Å². The first-order valence-electron chi connectivity index (χ1n) is 8.06. The summed E-state index contributed by atoms with van der Waals surface area (Å²) >= 11 is 6.22. The predicted octanol–water partition coefficient (Wildman–Crippen LogP) is 5.00. The molecule has 0 unspecified atom stereocenters. The van der Waals surface area contributed by atoms with Gasteiger partial charge in [-0.2, -0.15) is 0 Å². The molecule has 0 radical (unpaired) electrons. The van der Waals surface area contributed by atoms with Crippen LogP contribution in [0.3, 0.4) is 0 Å². The Hall–Kier alpha value is -1.81. The number of aryl methyl sites for hydroxylation is 1. The third kappa shape index (κ3) is 4.35. The minimum Gasteiger partial charge on any atom is -0.360 e. The second-order valence-electron chi connectivity index (χ2n) is 5.81. The fourth-order valence-corrected chi connectivity index (χ4v) is 2.77. The third-order valence-corrected chi connectivity index (χ3v) is 4.17.